The Morgan fingerprint density at radius 2 is 2.14 bits per heavy atom. The SMILES string of the molecule is C[C@H](Cc1ccc(Cl)cc1Cl)C(=O)N1CCC[C@@H]([C@H](C)N)C1. The smallest absolute Gasteiger partial charge is 0.225 e. The zero-order chi connectivity index (χ0) is 16.3. The summed E-state index contributed by atoms with van der Waals surface area (Å²) in [5.41, 5.74) is 6.96. The summed E-state index contributed by atoms with van der Waals surface area (Å²) in [6, 6.07) is 5.57. The molecular weight excluding hydrogens is 319 g/mol. The quantitative estimate of drug-likeness (QED) is 0.905. The fourth-order valence-corrected chi connectivity index (χ4v) is 3.54. The number of halogens is 2. The number of piperidine rings is 1. The average Bonchev–Trinajstić information content (AvgIpc) is 2.49. The van der Waals surface area contributed by atoms with Gasteiger partial charge >= 0.3 is 0 Å². The van der Waals surface area contributed by atoms with Gasteiger partial charge in [0.05, 0.1) is 0 Å². The van der Waals surface area contributed by atoms with Gasteiger partial charge in [-0.05, 0) is 49.8 Å². The Hall–Kier alpha value is -0.770. The Kier molecular flexibility index (Phi) is 6.13. The van der Waals surface area contributed by atoms with Crippen molar-refractivity contribution in [2.45, 2.75) is 39.2 Å². The topological polar surface area (TPSA) is 46.3 Å². The number of hydrogen-bond acceptors (Lipinski definition) is 2. The molecule has 22 heavy (non-hydrogen) atoms. The lowest BCUT2D eigenvalue weighted by Gasteiger charge is -2.36. The van der Waals surface area contributed by atoms with Crippen molar-refractivity contribution in [2.75, 3.05) is 13.1 Å². The number of carbonyl (C=O) groups excluding carboxylic acids is 1. The van der Waals surface area contributed by atoms with Gasteiger partial charge in [0, 0.05) is 35.1 Å². The number of amides is 1. The molecule has 1 amide bonds. The van der Waals surface area contributed by atoms with Crippen molar-refractivity contribution >= 4 is 29.1 Å². The molecule has 1 heterocycles. The van der Waals surface area contributed by atoms with Crippen LogP contribution < -0.4 is 5.73 Å². The monoisotopic (exact) mass is 342 g/mol. The predicted octanol–water partition coefficient (Wildman–Crippen LogP) is 3.76. The van der Waals surface area contributed by atoms with E-state index < -0.39 is 0 Å². The van der Waals surface area contributed by atoms with E-state index in [2.05, 4.69) is 0 Å². The Bertz CT molecular complexity index is 533. The number of rotatable bonds is 4. The summed E-state index contributed by atoms with van der Waals surface area (Å²) in [5, 5.41) is 1.24. The molecule has 0 aromatic heterocycles. The molecule has 122 valence electrons. The van der Waals surface area contributed by atoms with Crippen LogP contribution in [0.1, 0.15) is 32.3 Å². The maximum atomic E-state index is 12.7. The van der Waals surface area contributed by atoms with Crippen molar-refractivity contribution in [1.29, 1.82) is 0 Å². The molecule has 3 atom stereocenters. The second kappa shape index (κ2) is 7.67. The molecule has 1 aromatic rings. The highest BCUT2D eigenvalue weighted by Gasteiger charge is 2.28. The third-order valence-electron chi connectivity index (χ3n) is 4.48. The molecule has 0 saturated carbocycles. The first-order chi connectivity index (χ1) is 10.4. The molecule has 1 saturated heterocycles. The fourth-order valence-electron chi connectivity index (χ4n) is 3.06. The van der Waals surface area contributed by atoms with Gasteiger partial charge in [0.2, 0.25) is 5.91 Å². The van der Waals surface area contributed by atoms with E-state index in [4.69, 9.17) is 28.9 Å². The van der Waals surface area contributed by atoms with Gasteiger partial charge in [0.1, 0.15) is 0 Å². The van der Waals surface area contributed by atoms with Gasteiger partial charge in [-0.3, -0.25) is 4.79 Å². The Labute approximate surface area is 142 Å². The van der Waals surface area contributed by atoms with Gasteiger partial charge in [-0.2, -0.15) is 0 Å². The van der Waals surface area contributed by atoms with Gasteiger partial charge in [0.25, 0.3) is 0 Å². The lowest BCUT2D eigenvalue weighted by atomic mass is 9.91. The predicted molar refractivity (Wildman–Crippen MR) is 92.3 cm³/mol. The Morgan fingerprint density at radius 1 is 1.41 bits per heavy atom. The van der Waals surface area contributed by atoms with Crippen LogP contribution in [-0.2, 0) is 11.2 Å². The lowest BCUT2D eigenvalue weighted by molar-refractivity contribution is -0.136. The summed E-state index contributed by atoms with van der Waals surface area (Å²) >= 11 is 12.1. The third-order valence-corrected chi connectivity index (χ3v) is 5.06. The van der Waals surface area contributed by atoms with E-state index >= 15 is 0 Å². The van der Waals surface area contributed by atoms with Crippen molar-refractivity contribution in [3.05, 3.63) is 33.8 Å². The summed E-state index contributed by atoms with van der Waals surface area (Å²) in [6.07, 6.45) is 2.78. The third kappa shape index (κ3) is 4.37. The number of carbonyl (C=O) groups is 1. The van der Waals surface area contributed by atoms with Crippen molar-refractivity contribution in [3.63, 3.8) is 0 Å². The molecule has 2 N–H and O–H groups in total. The van der Waals surface area contributed by atoms with Gasteiger partial charge < -0.3 is 10.6 Å². The molecule has 0 radical (unpaired) electrons. The minimum Gasteiger partial charge on any atom is -0.342 e. The molecule has 2 rings (SSSR count). The number of likely N-dealkylation sites (tertiary alicyclic amines) is 1. The first-order valence-corrected chi connectivity index (χ1v) is 8.62. The maximum Gasteiger partial charge on any atom is 0.225 e. The Morgan fingerprint density at radius 3 is 2.77 bits per heavy atom. The number of nitrogens with two attached hydrogens (primary N) is 1. The van der Waals surface area contributed by atoms with Crippen LogP contribution in [0.2, 0.25) is 10.0 Å². The number of nitrogens with zero attached hydrogens (tertiary/aromatic N) is 1. The van der Waals surface area contributed by atoms with Gasteiger partial charge in [0.15, 0.2) is 0 Å². The largest absolute Gasteiger partial charge is 0.342 e. The van der Waals surface area contributed by atoms with E-state index in [1.54, 1.807) is 6.07 Å². The summed E-state index contributed by atoms with van der Waals surface area (Å²) in [7, 11) is 0. The van der Waals surface area contributed by atoms with E-state index in [-0.39, 0.29) is 17.9 Å². The van der Waals surface area contributed by atoms with Crippen LogP contribution in [0.3, 0.4) is 0 Å². The maximum absolute atomic E-state index is 12.7. The second-order valence-corrected chi connectivity index (χ2v) is 7.23. The number of benzene rings is 1. The van der Waals surface area contributed by atoms with Crippen molar-refractivity contribution in [3.8, 4) is 0 Å². The number of hydrogen-bond donors (Lipinski definition) is 1. The molecule has 0 spiro atoms. The van der Waals surface area contributed by atoms with Crippen LogP contribution in [0, 0.1) is 11.8 Å². The molecule has 3 nitrogen and oxygen atoms in total. The second-order valence-electron chi connectivity index (χ2n) is 6.39. The molecule has 5 heteroatoms. The highest BCUT2D eigenvalue weighted by atomic mass is 35.5. The van der Waals surface area contributed by atoms with E-state index in [9.17, 15) is 4.79 Å². The highest BCUT2D eigenvalue weighted by Crippen LogP contribution is 2.25. The molecule has 1 aromatic carbocycles. The van der Waals surface area contributed by atoms with Crippen molar-refractivity contribution < 1.29 is 4.79 Å². The lowest BCUT2D eigenvalue weighted by Crippen LogP contribution is -2.46. The molecular formula is C17H24Cl2N2O. The van der Waals surface area contributed by atoms with Crippen LogP contribution in [0.5, 0.6) is 0 Å². The van der Waals surface area contributed by atoms with Crippen LogP contribution in [-0.4, -0.2) is 29.9 Å². The summed E-state index contributed by atoms with van der Waals surface area (Å²) in [5.74, 6) is 0.505. The molecule has 0 bridgehead atoms. The van der Waals surface area contributed by atoms with Crippen LogP contribution in [0.25, 0.3) is 0 Å². The highest BCUT2D eigenvalue weighted by molar-refractivity contribution is 6.35. The normalized spacial score (nSPS) is 21.5. The summed E-state index contributed by atoms with van der Waals surface area (Å²) in [6.45, 7) is 5.59. The van der Waals surface area contributed by atoms with Crippen molar-refractivity contribution in [2.24, 2.45) is 17.6 Å². The molecule has 0 unspecified atom stereocenters. The van der Waals surface area contributed by atoms with Crippen molar-refractivity contribution in [1.82, 2.24) is 4.90 Å². The molecule has 1 fully saturated rings. The van der Waals surface area contributed by atoms with Crippen LogP contribution >= 0.6 is 23.2 Å². The van der Waals surface area contributed by atoms with Crippen LogP contribution in [0.15, 0.2) is 18.2 Å². The van der Waals surface area contributed by atoms with Gasteiger partial charge in [-0.25, -0.2) is 0 Å². The zero-order valence-electron chi connectivity index (χ0n) is 13.2. The summed E-state index contributed by atoms with van der Waals surface area (Å²) < 4.78 is 0. The summed E-state index contributed by atoms with van der Waals surface area (Å²) in [4.78, 5) is 14.6. The van der Waals surface area contributed by atoms with E-state index in [0.29, 0.717) is 22.4 Å². The molecule has 1 aliphatic rings. The molecule has 1 aliphatic heterocycles. The van der Waals surface area contributed by atoms with E-state index in [1.807, 2.05) is 30.9 Å². The van der Waals surface area contributed by atoms with Gasteiger partial charge in [-0.15, -0.1) is 0 Å². The Balaban J connectivity index is 1.99. The first-order valence-electron chi connectivity index (χ1n) is 7.86. The average molecular weight is 343 g/mol. The zero-order valence-corrected chi connectivity index (χ0v) is 14.7. The van der Waals surface area contributed by atoms with Gasteiger partial charge in [-0.1, -0.05) is 36.2 Å². The first kappa shape index (κ1) is 17.6. The standard InChI is InChI=1S/C17H24Cl2N2O/c1-11(8-13-5-6-15(18)9-16(13)19)17(22)21-7-3-4-14(10-21)12(2)20/h5-6,9,11-12,14H,3-4,7-8,10,20H2,1-2H3/t11-,12+,14-/m1/s1. The van der Waals surface area contributed by atoms with Crippen LogP contribution in [0.4, 0.5) is 0 Å². The van der Waals surface area contributed by atoms with E-state index in [0.717, 1.165) is 31.5 Å². The van der Waals surface area contributed by atoms with E-state index in [1.165, 1.54) is 0 Å². The fraction of sp³-hybridized carbons (Fsp3) is 0.588. The minimum atomic E-state index is -0.0921. The molecule has 0 aliphatic carbocycles. The minimum absolute atomic E-state index is 0.0921.